The van der Waals surface area contributed by atoms with Gasteiger partial charge in [-0.25, -0.2) is 0 Å². The van der Waals surface area contributed by atoms with E-state index in [9.17, 15) is 4.79 Å². The Morgan fingerprint density at radius 2 is 2.14 bits per heavy atom. The van der Waals surface area contributed by atoms with E-state index in [2.05, 4.69) is 43.7 Å². The number of carbonyl (C=O) groups excluding carboxylic acids is 1. The molecule has 1 aromatic rings. The van der Waals surface area contributed by atoms with Gasteiger partial charge < -0.3 is 14.2 Å². The van der Waals surface area contributed by atoms with Crippen LogP contribution in [-0.2, 0) is 26.1 Å². The third kappa shape index (κ3) is 1.98. The molecule has 5 rings (SSSR count). The van der Waals surface area contributed by atoms with Crippen LogP contribution in [-0.4, -0.2) is 42.2 Å². The first-order valence-corrected chi connectivity index (χ1v) is 10.0. The third-order valence-electron chi connectivity index (χ3n) is 7.15. The Kier molecular flexibility index (Phi) is 3.58. The molecule has 2 aliphatic heterocycles. The SMILES string of the molecule is C=C(C)OC1=CCC2(OC(C)=O)C3Cc4ccc(C)c5c4C2(CCN3C)C1O5. The minimum Gasteiger partial charge on any atom is -0.481 e. The summed E-state index contributed by atoms with van der Waals surface area (Å²) in [5.74, 6) is 2.14. The van der Waals surface area contributed by atoms with Gasteiger partial charge in [0.25, 0.3) is 0 Å². The molecule has 2 bridgehead atoms. The zero-order chi connectivity index (χ0) is 19.8. The first-order valence-electron chi connectivity index (χ1n) is 10.0. The van der Waals surface area contributed by atoms with Gasteiger partial charge in [0.05, 0.1) is 17.2 Å². The van der Waals surface area contributed by atoms with E-state index in [1.165, 1.54) is 18.1 Å². The topological polar surface area (TPSA) is 48.0 Å². The van der Waals surface area contributed by atoms with Crippen LogP contribution in [0.15, 0.2) is 36.3 Å². The van der Waals surface area contributed by atoms with Crippen LogP contribution >= 0.6 is 0 Å². The van der Waals surface area contributed by atoms with Crippen molar-refractivity contribution in [3.8, 4) is 5.75 Å². The van der Waals surface area contributed by atoms with Crippen LogP contribution in [0.3, 0.4) is 0 Å². The van der Waals surface area contributed by atoms with E-state index in [0.717, 1.165) is 36.5 Å². The molecule has 0 N–H and O–H groups in total. The van der Waals surface area contributed by atoms with Crippen molar-refractivity contribution in [2.75, 3.05) is 13.6 Å². The van der Waals surface area contributed by atoms with Gasteiger partial charge in [-0.3, -0.25) is 9.69 Å². The van der Waals surface area contributed by atoms with Crippen molar-refractivity contribution in [3.05, 3.63) is 53.0 Å². The Hall–Kier alpha value is -2.27. The van der Waals surface area contributed by atoms with Gasteiger partial charge in [0.1, 0.15) is 17.1 Å². The van der Waals surface area contributed by atoms with Crippen molar-refractivity contribution in [1.29, 1.82) is 0 Å². The molecule has 0 saturated carbocycles. The number of piperidine rings is 1. The fraction of sp³-hybridized carbons (Fsp3) is 0.522. The van der Waals surface area contributed by atoms with Gasteiger partial charge >= 0.3 is 5.97 Å². The second-order valence-corrected chi connectivity index (χ2v) is 8.76. The van der Waals surface area contributed by atoms with Crippen molar-refractivity contribution in [2.24, 2.45) is 0 Å². The van der Waals surface area contributed by atoms with E-state index in [-0.39, 0.29) is 18.1 Å². The van der Waals surface area contributed by atoms with Crippen molar-refractivity contribution >= 4 is 5.97 Å². The lowest BCUT2D eigenvalue weighted by Gasteiger charge is -2.62. The van der Waals surface area contributed by atoms with Gasteiger partial charge in [0.2, 0.25) is 0 Å². The number of allylic oxidation sites excluding steroid dienone is 1. The van der Waals surface area contributed by atoms with Crippen LogP contribution in [0.25, 0.3) is 0 Å². The number of likely N-dealkylation sites (tertiary alicyclic amines) is 1. The lowest BCUT2D eigenvalue weighted by molar-refractivity contribution is -0.203. The van der Waals surface area contributed by atoms with Crippen LogP contribution in [0.4, 0.5) is 0 Å². The minimum absolute atomic E-state index is 0.111. The Morgan fingerprint density at radius 3 is 2.86 bits per heavy atom. The molecule has 0 radical (unpaired) electrons. The van der Waals surface area contributed by atoms with E-state index >= 15 is 0 Å². The number of aryl methyl sites for hydroxylation is 1. The van der Waals surface area contributed by atoms with Crippen molar-refractivity contribution in [2.45, 2.75) is 63.2 Å². The smallest absolute Gasteiger partial charge is 0.303 e. The second-order valence-electron chi connectivity index (χ2n) is 8.76. The molecule has 28 heavy (non-hydrogen) atoms. The summed E-state index contributed by atoms with van der Waals surface area (Å²) in [5, 5.41) is 0. The highest BCUT2D eigenvalue weighted by molar-refractivity contribution is 5.69. The number of hydrogen-bond donors (Lipinski definition) is 0. The fourth-order valence-corrected chi connectivity index (χ4v) is 6.21. The van der Waals surface area contributed by atoms with Crippen molar-refractivity contribution < 1.29 is 19.0 Å². The number of hydrogen-bond acceptors (Lipinski definition) is 5. The monoisotopic (exact) mass is 381 g/mol. The highest BCUT2D eigenvalue weighted by atomic mass is 16.6. The van der Waals surface area contributed by atoms with E-state index in [0.29, 0.717) is 12.2 Å². The normalized spacial score (nSPS) is 34.8. The van der Waals surface area contributed by atoms with Gasteiger partial charge in [-0.15, -0.1) is 0 Å². The van der Waals surface area contributed by atoms with Crippen LogP contribution < -0.4 is 4.74 Å². The number of esters is 1. The first-order chi connectivity index (χ1) is 13.3. The maximum absolute atomic E-state index is 12.3. The van der Waals surface area contributed by atoms with E-state index in [4.69, 9.17) is 14.2 Å². The summed E-state index contributed by atoms with van der Waals surface area (Å²) in [5.41, 5.74) is 2.58. The van der Waals surface area contributed by atoms with E-state index in [1.54, 1.807) is 0 Å². The predicted molar refractivity (Wildman–Crippen MR) is 105 cm³/mol. The van der Waals surface area contributed by atoms with Gasteiger partial charge in [-0.05, 0) is 57.5 Å². The molecule has 4 aliphatic rings. The Morgan fingerprint density at radius 1 is 1.36 bits per heavy atom. The summed E-state index contributed by atoms with van der Waals surface area (Å²) in [7, 11) is 2.14. The number of rotatable bonds is 3. The molecule has 1 spiro atoms. The molecule has 4 atom stereocenters. The number of benzene rings is 1. The minimum atomic E-state index is -0.648. The summed E-state index contributed by atoms with van der Waals surface area (Å²) in [4.78, 5) is 14.7. The lowest BCUT2D eigenvalue weighted by Crippen LogP contribution is -2.75. The largest absolute Gasteiger partial charge is 0.481 e. The highest BCUT2D eigenvalue weighted by Gasteiger charge is 2.74. The van der Waals surface area contributed by atoms with Gasteiger partial charge in [0, 0.05) is 18.9 Å². The second kappa shape index (κ2) is 5.63. The zero-order valence-electron chi connectivity index (χ0n) is 17.0. The molecule has 1 aromatic carbocycles. The maximum atomic E-state index is 12.3. The van der Waals surface area contributed by atoms with Crippen LogP contribution in [0.1, 0.15) is 43.4 Å². The van der Waals surface area contributed by atoms with Crippen molar-refractivity contribution in [1.82, 2.24) is 4.90 Å². The highest BCUT2D eigenvalue weighted by Crippen LogP contribution is 2.65. The maximum Gasteiger partial charge on any atom is 0.303 e. The van der Waals surface area contributed by atoms with Crippen molar-refractivity contribution in [3.63, 3.8) is 0 Å². The van der Waals surface area contributed by atoms with Gasteiger partial charge in [-0.1, -0.05) is 18.7 Å². The summed E-state index contributed by atoms with van der Waals surface area (Å²) in [6.07, 6.45) is 4.09. The quantitative estimate of drug-likeness (QED) is 0.593. The summed E-state index contributed by atoms with van der Waals surface area (Å²) < 4.78 is 18.9. The molecule has 1 saturated heterocycles. The summed E-state index contributed by atoms with van der Waals surface area (Å²) in [6, 6.07) is 4.48. The van der Waals surface area contributed by atoms with E-state index in [1.807, 2.05) is 6.92 Å². The van der Waals surface area contributed by atoms with Gasteiger partial charge in [-0.2, -0.15) is 0 Å². The zero-order valence-corrected chi connectivity index (χ0v) is 17.0. The number of carbonyl (C=O) groups is 1. The number of ether oxygens (including phenoxy) is 3. The molecular weight excluding hydrogens is 354 g/mol. The molecule has 2 heterocycles. The molecule has 0 aromatic heterocycles. The lowest BCUT2D eigenvalue weighted by atomic mass is 9.50. The molecule has 148 valence electrons. The first kappa shape index (κ1) is 17.8. The van der Waals surface area contributed by atoms with E-state index < -0.39 is 11.0 Å². The molecular formula is C23H27NO4. The molecule has 4 unspecified atom stereocenters. The molecule has 1 fully saturated rings. The Labute approximate surface area is 165 Å². The summed E-state index contributed by atoms with van der Waals surface area (Å²) >= 11 is 0. The molecule has 5 nitrogen and oxygen atoms in total. The summed E-state index contributed by atoms with van der Waals surface area (Å²) in [6.45, 7) is 10.3. The number of likely N-dealkylation sites (N-methyl/N-ethyl adjacent to an activating group) is 1. The average Bonchev–Trinajstić information content (AvgIpc) is 2.97. The average molecular weight is 381 g/mol. The Balaban J connectivity index is 1.82. The standard InChI is InChI=1S/C23H27NO4/c1-13(2)26-17-8-9-23(28-15(4)25)18-12-16-7-6-14(3)20-19(16)22(23,21(17)27-20)10-11-24(18)5/h6-8,18,21H,1,9-12H2,2-5H3. The number of nitrogens with zero attached hydrogens (tertiary/aromatic N) is 1. The van der Waals surface area contributed by atoms with Crippen LogP contribution in [0.5, 0.6) is 5.75 Å². The van der Waals surface area contributed by atoms with Crippen LogP contribution in [0, 0.1) is 6.92 Å². The molecule has 2 aliphatic carbocycles. The Bertz CT molecular complexity index is 935. The van der Waals surface area contributed by atoms with Gasteiger partial charge in [0.15, 0.2) is 6.10 Å². The van der Waals surface area contributed by atoms with Crippen LogP contribution in [0.2, 0.25) is 0 Å². The molecule has 5 heteroatoms. The third-order valence-corrected chi connectivity index (χ3v) is 7.15. The predicted octanol–water partition coefficient (Wildman–Crippen LogP) is 3.39. The fourth-order valence-electron chi connectivity index (χ4n) is 6.21. The molecule has 0 amide bonds.